The largest absolute Gasteiger partial charge is 0.477 e. The van der Waals surface area contributed by atoms with E-state index in [9.17, 15) is 4.79 Å². The zero-order valence-electron chi connectivity index (χ0n) is 9.33. The Morgan fingerprint density at radius 1 is 1.47 bits per heavy atom. The summed E-state index contributed by atoms with van der Waals surface area (Å²) in [7, 11) is 0. The molecule has 4 heteroatoms. The molecular weight excluding hydrogens is 192 g/mol. The van der Waals surface area contributed by atoms with E-state index in [1.165, 1.54) is 39.0 Å². The minimum Gasteiger partial charge on any atom is -0.477 e. The second-order valence-corrected chi connectivity index (χ2v) is 4.20. The van der Waals surface area contributed by atoms with Gasteiger partial charge in [0, 0.05) is 6.54 Å². The van der Waals surface area contributed by atoms with Gasteiger partial charge in [0.25, 0.3) is 0 Å². The highest BCUT2D eigenvalue weighted by molar-refractivity contribution is 6.34. The van der Waals surface area contributed by atoms with E-state index in [4.69, 9.17) is 5.11 Å². The smallest absolute Gasteiger partial charge is 0.351 e. The molecule has 0 radical (unpaired) electrons. The molecule has 4 nitrogen and oxygen atoms in total. The van der Waals surface area contributed by atoms with Crippen molar-refractivity contribution in [1.29, 1.82) is 0 Å². The summed E-state index contributed by atoms with van der Waals surface area (Å²) in [6.45, 7) is 2.27. The molecule has 86 valence electrons. The molecule has 0 saturated heterocycles. The molecule has 0 aromatic carbocycles. The van der Waals surface area contributed by atoms with Gasteiger partial charge in [-0.15, -0.1) is 0 Å². The number of nitrogens with one attached hydrogen (secondary N) is 1. The van der Waals surface area contributed by atoms with Crippen molar-refractivity contribution in [1.82, 2.24) is 5.43 Å². The number of carbonyl (C=O) groups is 1. The van der Waals surface area contributed by atoms with Gasteiger partial charge in [0.15, 0.2) is 0 Å². The van der Waals surface area contributed by atoms with Gasteiger partial charge in [-0.1, -0.05) is 25.7 Å². The van der Waals surface area contributed by atoms with E-state index in [-0.39, 0.29) is 5.71 Å². The first-order chi connectivity index (χ1) is 7.20. The fourth-order valence-electron chi connectivity index (χ4n) is 1.99. The normalized spacial score (nSPS) is 18.1. The van der Waals surface area contributed by atoms with Crippen molar-refractivity contribution in [2.24, 2.45) is 11.0 Å². The fraction of sp³-hybridized carbons (Fsp3) is 0.818. The molecule has 1 aliphatic rings. The zero-order valence-corrected chi connectivity index (χ0v) is 9.33. The van der Waals surface area contributed by atoms with Gasteiger partial charge in [-0.25, -0.2) is 4.79 Å². The number of hydrogen-bond donors (Lipinski definition) is 2. The lowest BCUT2D eigenvalue weighted by atomic mass is 10.0. The summed E-state index contributed by atoms with van der Waals surface area (Å²) in [4.78, 5) is 10.4. The van der Waals surface area contributed by atoms with Crippen molar-refractivity contribution < 1.29 is 9.90 Å². The molecule has 0 spiro atoms. The first-order valence-electron chi connectivity index (χ1n) is 5.70. The first-order valence-corrected chi connectivity index (χ1v) is 5.70. The van der Waals surface area contributed by atoms with Gasteiger partial charge < -0.3 is 10.5 Å². The maximum atomic E-state index is 10.4. The summed E-state index contributed by atoms with van der Waals surface area (Å²) in [6, 6.07) is 0. The third kappa shape index (κ3) is 4.81. The molecule has 0 atom stereocenters. The predicted octanol–water partition coefficient (Wildman–Crippen LogP) is 2.01. The van der Waals surface area contributed by atoms with Crippen molar-refractivity contribution in [3.8, 4) is 0 Å². The topological polar surface area (TPSA) is 61.7 Å². The number of hydrazone groups is 1. The van der Waals surface area contributed by atoms with Crippen LogP contribution in [0.3, 0.4) is 0 Å². The predicted molar refractivity (Wildman–Crippen MR) is 59.9 cm³/mol. The van der Waals surface area contributed by atoms with E-state index in [1.54, 1.807) is 0 Å². The number of aliphatic carboxylic acids is 1. The van der Waals surface area contributed by atoms with Crippen LogP contribution in [0.2, 0.25) is 0 Å². The van der Waals surface area contributed by atoms with E-state index in [2.05, 4.69) is 10.5 Å². The van der Waals surface area contributed by atoms with Crippen LogP contribution in [-0.2, 0) is 4.79 Å². The summed E-state index contributed by atoms with van der Waals surface area (Å²) in [5, 5.41) is 12.3. The summed E-state index contributed by atoms with van der Waals surface area (Å²) in [6.07, 6.45) is 7.84. The third-order valence-electron chi connectivity index (χ3n) is 2.93. The van der Waals surface area contributed by atoms with Gasteiger partial charge in [0.1, 0.15) is 5.71 Å². The number of carboxylic acid groups (broad SMARTS) is 1. The molecule has 1 fully saturated rings. The van der Waals surface area contributed by atoms with Crippen LogP contribution < -0.4 is 5.43 Å². The SMILES string of the molecule is CC(=NNCCCC1CCCC1)C(=O)O. The second kappa shape index (κ2) is 6.43. The minimum atomic E-state index is -0.960. The summed E-state index contributed by atoms with van der Waals surface area (Å²) < 4.78 is 0. The molecule has 1 rings (SSSR count). The van der Waals surface area contributed by atoms with E-state index < -0.39 is 5.97 Å². The Morgan fingerprint density at radius 3 is 2.73 bits per heavy atom. The van der Waals surface area contributed by atoms with Crippen LogP contribution in [0.5, 0.6) is 0 Å². The quantitative estimate of drug-likeness (QED) is 0.402. The van der Waals surface area contributed by atoms with Gasteiger partial charge in [0.2, 0.25) is 0 Å². The highest BCUT2D eigenvalue weighted by Gasteiger charge is 2.13. The average Bonchev–Trinajstić information content (AvgIpc) is 2.69. The number of hydrogen-bond acceptors (Lipinski definition) is 3. The van der Waals surface area contributed by atoms with Crippen molar-refractivity contribution in [2.45, 2.75) is 45.4 Å². The lowest BCUT2D eigenvalue weighted by molar-refractivity contribution is -0.129. The van der Waals surface area contributed by atoms with Crippen LogP contribution in [-0.4, -0.2) is 23.3 Å². The van der Waals surface area contributed by atoms with Gasteiger partial charge >= 0.3 is 5.97 Å². The molecule has 15 heavy (non-hydrogen) atoms. The standard InChI is InChI=1S/C11H20N2O2/c1-9(11(14)15)13-12-8-4-7-10-5-2-3-6-10/h10,12H,2-8H2,1H3,(H,14,15). The molecular formula is C11H20N2O2. The molecule has 0 unspecified atom stereocenters. The van der Waals surface area contributed by atoms with Crippen LogP contribution in [0.15, 0.2) is 5.10 Å². The average molecular weight is 212 g/mol. The number of rotatable bonds is 6. The molecule has 0 aromatic rings. The molecule has 0 aromatic heterocycles. The highest BCUT2D eigenvalue weighted by Crippen LogP contribution is 2.28. The Hall–Kier alpha value is -1.06. The van der Waals surface area contributed by atoms with E-state index in [1.807, 2.05) is 0 Å². The zero-order chi connectivity index (χ0) is 11.1. The molecule has 1 aliphatic carbocycles. The Bertz CT molecular complexity index is 233. The number of carboxylic acids is 1. The maximum absolute atomic E-state index is 10.4. The Kier molecular flexibility index (Phi) is 5.15. The lowest BCUT2D eigenvalue weighted by Crippen LogP contribution is -2.16. The van der Waals surface area contributed by atoms with Gasteiger partial charge in [0.05, 0.1) is 0 Å². The Labute approximate surface area is 90.8 Å². The molecule has 0 bridgehead atoms. The Balaban J connectivity index is 2.01. The van der Waals surface area contributed by atoms with E-state index in [0.717, 1.165) is 18.9 Å². The van der Waals surface area contributed by atoms with Crippen molar-refractivity contribution in [2.75, 3.05) is 6.54 Å². The van der Waals surface area contributed by atoms with Crippen molar-refractivity contribution >= 4 is 11.7 Å². The van der Waals surface area contributed by atoms with Crippen molar-refractivity contribution in [3.05, 3.63) is 0 Å². The molecule has 0 heterocycles. The number of nitrogens with zero attached hydrogens (tertiary/aromatic N) is 1. The van der Waals surface area contributed by atoms with Crippen LogP contribution in [0.25, 0.3) is 0 Å². The van der Waals surface area contributed by atoms with Crippen LogP contribution in [0, 0.1) is 5.92 Å². The summed E-state index contributed by atoms with van der Waals surface area (Å²) in [5.74, 6) is -0.0605. The summed E-state index contributed by atoms with van der Waals surface area (Å²) >= 11 is 0. The lowest BCUT2D eigenvalue weighted by Gasteiger charge is -2.07. The third-order valence-corrected chi connectivity index (χ3v) is 2.93. The monoisotopic (exact) mass is 212 g/mol. The maximum Gasteiger partial charge on any atom is 0.351 e. The van der Waals surface area contributed by atoms with Gasteiger partial charge in [-0.3, -0.25) is 0 Å². The molecule has 1 saturated carbocycles. The fourth-order valence-corrected chi connectivity index (χ4v) is 1.99. The molecule has 0 amide bonds. The van der Waals surface area contributed by atoms with Crippen molar-refractivity contribution in [3.63, 3.8) is 0 Å². The minimum absolute atomic E-state index is 0.121. The van der Waals surface area contributed by atoms with Crippen LogP contribution in [0.4, 0.5) is 0 Å². The van der Waals surface area contributed by atoms with Crippen LogP contribution >= 0.6 is 0 Å². The summed E-state index contributed by atoms with van der Waals surface area (Å²) in [5.41, 5.74) is 2.92. The van der Waals surface area contributed by atoms with Gasteiger partial charge in [-0.05, 0) is 25.7 Å². The highest BCUT2D eigenvalue weighted by atomic mass is 16.4. The molecule has 2 N–H and O–H groups in total. The van der Waals surface area contributed by atoms with E-state index in [0.29, 0.717) is 0 Å². The first kappa shape index (κ1) is 12.0. The van der Waals surface area contributed by atoms with E-state index >= 15 is 0 Å². The molecule has 0 aliphatic heterocycles. The van der Waals surface area contributed by atoms with Gasteiger partial charge in [-0.2, -0.15) is 5.10 Å². The Morgan fingerprint density at radius 2 is 2.13 bits per heavy atom. The van der Waals surface area contributed by atoms with Crippen LogP contribution in [0.1, 0.15) is 45.4 Å². The second-order valence-electron chi connectivity index (χ2n) is 4.20.